The van der Waals surface area contributed by atoms with Crippen LogP contribution >= 0.6 is 0 Å². The van der Waals surface area contributed by atoms with Gasteiger partial charge >= 0.3 is 0 Å². The number of ether oxygens (including phenoxy) is 1. The molecule has 0 spiro atoms. The van der Waals surface area contributed by atoms with Gasteiger partial charge in [0.15, 0.2) is 0 Å². The standard InChI is InChI=1S/C9H16O/c1-7-6-8-4-2-3-5-9(8)10-7/h7-9H,2-6H2,1H3/t7-,8+,9-/m0/s1. The van der Waals surface area contributed by atoms with Crippen molar-refractivity contribution >= 4 is 0 Å². The molecule has 0 bridgehead atoms. The Labute approximate surface area is 62.8 Å². The molecule has 0 N–H and O–H groups in total. The molecule has 3 atom stereocenters. The zero-order valence-corrected chi connectivity index (χ0v) is 6.68. The normalized spacial score (nSPS) is 47.1. The minimum atomic E-state index is 0.549. The fourth-order valence-electron chi connectivity index (χ4n) is 2.40. The lowest BCUT2D eigenvalue weighted by Gasteiger charge is -2.23. The molecule has 58 valence electrons. The third-order valence-corrected chi connectivity index (χ3v) is 2.88. The van der Waals surface area contributed by atoms with E-state index in [4.69, 9.17) is 4.74 Å². The molecule has 1 aliphatic heterocycles. The van der Waals surface area contributed by atoms with Crippen LogP contribution in [0.5, 0.6) is 0 Å². The van der Waals surface area contributed by atoms with Crippen LogP contribution in [0.15, 0.2) is 0 Å². The molecule has 1 saturated heterocycles. The van der Waals surface area contributed by atoms with Crippen molar-refractivity contribution in [1.82, 2.24) is 0 Å². The SMILES string of the molecule is C[C@H]1C[C@H]2CCCC[C@@H]2O1. The van der Waals surface area contributed by atoms with Crippen LogP contribution in [0.4, 0.5) is 0 Å². The van der Waals surface area contributed by atoms with Gasteiger partial charge in [0.05, 0.1) is 12.2 Å². The fraction of sp³-hybridized carbons (Fsp3) is 1.00. The second kappa shape index (κ2) is 2.54. The Kier molecular flexibility index (Phi) is 1.69. The quantitative estimate of drug-likeness (QED) is 0.502. The smallest absolute Gasteiger partial charge is 0.0607 e. The van der Waals surface area contributed by atoms with Crippen LogP contribution in [0.1, 0.15) is 39.0 Å². The Morgan fingerprint density at radius 3 is 2.80 bits per heavy atom. The maximum Gasteiger partial charge on any atom is 0.0607 e. The van der Waals surface area contributed by atoms with Gasteiger partial charge in [0, 0.05) is 0 Å². The van der Waals surface area contributed by atoms with Crippen LogP contribution < -0.4 is 0 Å². The molecule has 2 rings (SSSR count). The van der Waals surface area contributed by atoms with Crippen LogP contribution in [0.3, 0.4) is 0 Å². The predicted molar refractivity (Wildman–Crippen MR) is 40.9 cm³/mol. The van der Waals surface area contributed by atoms with Crippen molar-refractivity contribution in [3.05, 3.63) is 0 Å². The Balaban J connectivity index is 1.97. The van der Waals surface area contributed by atoms with Crippen LogP contribution in [-0.4, -0.2) is 12.2 Å². The van der Waals surface area contributed by atoms with Crippen molar-refractivity contribution in [2.45, 2.75) is 51.2 Å². The third-order valence-electron chi connectivity index (χ3n) is 2.88. The second-order valence-electron chi connectivity index (χ2n) is 3.77. The van der Waals surface area contributed by atoms with Gasteiger partial charge in [-0.05, 0) is 32.1 Å². The van der Waals surface area contributed by atoms with Crippen LogP contribution in [-0.2, 0) is 4.74 Å². The van der Waals surface area contributed by atoms with E-state index < -0.39 is 0 Å². The Hall–Kier alpha value is -0.0400. The summed E-state index contributed by atoms with van der Waals surface area (Å²) in [6.07, 6.45) is 8.11. The van der Waals surface area contributed by atoms with Gasteiger partial charge in [0.1, 0.15) is 0 Å². The number of hydrogen-bond donors (Lipinski definition) is 0. The van der Waals surface area contributed by atoms with E-state index >= 15 is 0 Å². The van der Waals surface area contributed by atoms with E-state index in [2.05, 4.69) is 6.92 Å². The summed E-state index contributed by atoms with van der Waals surface area (Å²) >= 11 is 0. The summed E-state index contributed by atoms with van der Waals surface area (Å²) in [6.45, 7) is 2.21. The first-order valence-electron chi connectivity index (χ1n) is 4.52. The van der Waals surface area contributed by atoms with E-state index in [0.717, 1.165) is 5.92 Å². The molecule has 1 aliphatic carbocycles. The molecule has 2 fully saturated rings. The summed E-state index contributed by atoms with van der Waals surface area (Å²) in [6, 6.07) is 0. The highest BCUT2D eigenvalue weighted by Crippen LogP contribution is 2.36. The van der Waals surface area contributed by atoms with Crippen molar-refractivity contribution in [3.63, 3.8) is 0 Å². The van der Waals surface area contributed by atoms with E-state index in [0.29, 0.717) is 12.2 Å². The Bertz CT molecular complexity index is 108. The summed E-state index contributed by atoms with van der Waals surface area (Å²) in [4.78, 5) is 0. The molecule has 0 aromatic carbocycles. The highest BCUT2D eigenvalue weighted by atomic mass is 16.5. The van der Waals surface area contributed by atoms with Crippen molar-refractivity contribution < 1.29 is 4.74 Å². The summed E-state index contributed by atoms with van der Waals surface area (Å²) in [5, 5.41) is 0. The predicted octanol–water partition coefficient (Wildman–Crippen LogP) is 2.35. The summed E-state index contributed by atoms with van der Waals surface area (Å²) in [5.41, 5.74) is 0. The van der Waals surface area contributed by atoms with E-state index in [1.807, 2.05) is 0 Å². The number of rotatable bonds is 0. The Morgan fingerprint density at radius 2 is 2.00 bits per heavy atom. The molecule has 0 unspecified atom stereocenters. The van der Waals surface area contributed by atoms with Gasteiger partial charge in [-0.25, -0.2) is 0 Å². The van der Waals surface area contributed by atoms with Crippen molar-refractivity contribution in [3.8, 4) is 0 Å². The van der Waals surface area contributed by atoms with E-state index in [1.54, 1.807) is 0 Å². The molecule has 1 saturated carbocycles. The van der Waals surface area contributed by atoms with Crippen molar-refractivity contribution in [2.75, 3.05) is 0 Å². The lowest BCUT2D eigenvalue weighted by Crippen LogP contribution is -2.19. The minimum absolute atomic E-state index is 0.549. The first-order valence-corrected chi connectivity index (χ1v) is 4.52. The van der Waals surface area contributed by atoms with Crippen molar-refractivity contribution in [1.29, 1.82) is 0 Å². The van der Waals surface area contributed by atoms with Gasteiger partial charge in [-0.1, -0.05) is 12.8 Å². The van der Waals surface area contributed by atoms with Gasteiger partial charge in [0.25, 0.3) is 0 Å². The largest absolute Gasteiger partial charge is 0.375 e. The molecule has 1 nitrogen and oxygen atoms in total. The zero-order chi connectivity index (χ0) is 6.97. The van der Waals surface area contributed by atoms with Crippen molar-refractivity contribution in [2.24, 2.45) is 5.92 Å². The summed E-state index contributed by atoms with van der Waals surface area (Å²) < 4.78 is 5.77. The monoisotopic (exact) mass is 140 g/mol. The lowest BCUT2D eigenvalue weighted by molar-refractivity contribution is 0.0272. The molecule has 0 aromatic rings. The lowest BCUT2D eigenvalue weighted by atomic mass is 9.86. The van der Waals surface area contributed by atoms with Gasteiger partial charge in [-0.3, -0.25) is 0 Å². The highest BCUT2D eigenvalue weighted by molar-refractivity contribution is 4.83. The number of hydrogen-bond acceptors (Lipinski definition) is 1. The molecular formula is C9H16O. The zero-order valence-electron chi connectivity index (χ0n) is 6.68. The molecule has 0 aromatic heterocycles. The molecule has 1 heterocycles. The van der Waals surface area contributed by atoms with Gasteiger partial charge in [0.2, 0.25) is 0 Å². The average molecular weight is 140 g/mol. The van der Waals surface area contributed by atoms with Gasteiger partial charge in [-0.2, -0.15) is 0 Å². The molecule has 0 amide bonds. The van der Waals surface area contributed by atoms with E-state index in [1.165, 1.54) is 32.1 Å². The maximum absolute atomic E-state index is 5.77. The highest BCUT2D eigenvalue weighted by Gasteiger charge is 2.34. The summed E-state index contributed by atoms with van der Waals surface area (Å²) in [5.74, 6) is 0.920. The van der Waals surface area contributed by atoms with Gasteiger partial charge < -0.3 is 4.74 Å². The molecule has 2 aliphatic rings. The van der Waals surface area contributed by atoms with Crippen LogP contribution in [0.25, 0.3) is 0 Å². The fourth-order valence-corrected chi connectivity index (χ4v) is 2.40. The Morgan fingerprint density at radius 1 is 1.20 bits per heavy atom. The molecule has 0 radical (unpaired) electrons. The second-order valence-corrected chi connectivity index (χ2v) is 3.77. The van der Waals surface area contributed by atoms with Gasteiger partial charge in [-0.15, -0.1) is 0 Å². The first-order chi connectivity index (χ1) is 4.86. The molecule has 10 heavy (non-hydrogen) atoms. The maximum atomic E-state index is 5.77. The molecule has 1 heteroatoms. The van der Waals surface area contributed by atoms with E-state index in [9.17, 15) is 0 Å². The summed E-state index contributed by atoms with van der Waals surface area (Å²) in [7, 11) is 0. The van der Waals surface area contributed by atoms with E-state index in [-0.39, 0.29) is 0 Å². The number of fused-ring (bicyclic) bond motifs is 1. The first kappa shape index (κ1) is 6.66. The molecular weight excluding hydrogens is 124 g/mol. The van der Waals surface area contributed by atoms with Crippen LogP contribution in [0.2, 0.25) is 0 Å². The third kappa shape index (κ3) is 1.07. The average Bonchev–Trinajstić information content (AvgIpc) is 2.27. The van der Waals surface area contributed by atoms with Crippen LogP contribution in [0, 0.1) is 5.92 Å². The topological polar surface area (TPSA) is 9.23 Å². The minimum Gasteiger partial charge on any atom is -0.375 e.